The third-order valence-corrected chi connectivity index (χ3v) is 3.91. The second kappa shape index (κ2) is 5.07. The lowest BCUT2D eigenvalue weighted by Gasteiger charge is -2.21. The highest BCUT2D eigenvalue weighted by Crippen LogP contribution is 2.25. The second-order valence-electron chi connectivity index (χ2n) is 4.07. The lowest BCUT2D eigenvalue weighted by Crippen LogP contribution is -2.45. The molecule has 0 fully saturated rings. The van der Waals surface area contributed by atoms with Gasteiger partial charge in [-0.2, -0.15) is 12.8 Å². The van der Waals surface area contributed by atoms with Crippen molar-refractivity contribution in [3.8, 4) is 5.75 Å². The number of hydrazine groups is 2. The number of fused-ring (bicyclic) bond motifs is 1. The Morgan fingerprint density at radius 3 is 2.90 bits per heavy atom. The average molecular weight is 308 g/mol. The first-order valence-corrected chi connectivity index (χ1v) is 7.32. The SMILES string of the molecule is COc1ccccc1NS(=O)(=O)N1C=C2N=CN=CN2N1. The first-order valence-electron chi connectivity index (χ1n) is 5.88. The van der Waals surface area contributed by atoms with E-state index in [1.165, 1.54) is 31.0 Å². The topological polar surface area (TPSA) is 98.6 Å². The first-order chi connectivity index (χ1) is 10.1. The molecule has 0 amide bonds. The molecule has 0 aromatic heterocycles. The monoisotopic (exact) mass is 308 g/mol. The summed E-state index contributed by atoms with van der Waals surface area (Å²) in [4.78, 5) is 7.73. The molecule has 3 rings (SSSR count). The van der Waals surface area contributed by atoms with Crippen LogP contribution in [-0.2, 0) is 10.2 Å². The number of benzene rings is 1. The molecule has 0 radical (unpaired) electrons. The number of nitrogens with zero attached hydrogens (tertiary/aromatic N) is 4. The Morgan fingerprint density at radius 2 is 2.14 bits per heavy atom. The van der Waals surface area contributed by atoms with Crippen molar-refractivity contribution in [3.63, 3.8) is 0 Å². The minimum Gasteiger partial charge on any atom is -0.495 e. The summed E-state index contributed by atoms with van der Waals surface area (Å²) in [6, 6.07) is 6.72. The smallest absolute Gasteiger partial charge is 0.338 e. The van der Waals surface area contributed by atoms with E-state index in [2.05, 4.69) is 20.2 Å². The minimum atomic E-state index is -3.87. The minimum absolute atomic E-state index is 0.335. The Morgan fingerprint density at radius 1 is 1.33 bits per heavy atom. The third-order valence-electron chi connectivity index (χ3n) is 2.73. The van der Waals surface area contributed by atoms with Crippen molar-refractivity contribution in [2.75, 3.05) is 11.8 Å². The Bertz CT molecular complexity index is 742. The van der Waals surface area contributed by atoms with Gasteiger partial charge in [0.2, 0.25) is 0 Å². The standard InChI is InChI=1S/C11H12N6O3S/c1-20-10-5-3-2-4-9(10)14-21(18,19)17-6-11-13-7-12-8-16(11)15-17/h2-8,14-15H,1H3. The van der Waals surface area contributed by atoms with Gasteiger partial charge >= 0.3 is 10.2 Å². The summed E-state index contributed by atoms with van der Waals surface area (Å²) in [7, 11) is -2.40. The van der Waals surface area contributed by atoms with Gasteiger partial charge in [-0.3, -0.25) is 4.72 Å². The third kappa shape index (κ3) is 2.53. The maximum Gasteiger partial charge on any atom is 0.338 e. The van der Waals surface area contributed by atoms with Crippen molar-refractivity contribution in [1.82, 2.24) is 15.0 Å². The number of anilines is 1. The van der Waals surface area contributed by atoms with E-state index in [1.54, 1.807) is 24.3 Å². The van der Waals surface area contributed by atoms with E-state index in [0.717, 1.165) is 4.41 Å². The molecule has 9 nitrogen and oxygen atoms in total. The van der Waals surface area contributed by atoms with Crippen molar-refractivity contribution in [2.45, 2.75) is 0 Å². The van der Waals surface area contributed by atoms with Crippen molar-refractivity contribution in [3.05, 3.63) is 36.3 Å². The molecule has 0 atom stereocenters. The van der Waals surface area contributed by atoms with Crippen LogP contribution in [0.1, 0.15) is 0 Å². The second-order valence-corrected chi connectivity index (χ2v) is 5.62. The average Bonchev–Trinajstić information content (AvgIpc) is 2.92. The Kier molecular flexibility index (Phi) is 3.23. The van der Waals surface area contributed by atoms with Gasteiger partial charge in [0.05, 0.1) is 19.0 Å². The van der Waals surface area contributed by atoms with Crippen molar-refractivity contribution in [2.24, 2.45) is 9.98 Å². The van der Waals surface area contributed by atoms with Crippen LogP contribution in [0.4, 0.5) is 5.69 Å². The maximum absolute atomic E-state index is 12.3. The van der Waals surface area contributed by atoms with E-state index in [4.69, 9.17) is 4.74 Å². The van der Waals surface area contributed by atoms with Crippen molar-refractivity contribution < 1.29 is 13.2 Å². The predicted octanol–water partition coefficient (Wildman–Crippen LogP) is 0.258. The summed E-state index contributed by atoms with van der Waals surface area (Å²) < 4.78 is 33.1. The van der Waals surface area contributed by atoms with E-state index < -0.39 is 10.2 Å². The Balaban J connectivity index is 1.84. The van der Waals surface area contributed by atoms with Gasteiger partial charge in [-0.25, -0.2) is 15.0 Å². The molecule has 2 aliphatic heterocycles. The summed E-state index contributed by atoms with van der Waals surface area (Å²) in [5.74, 6) is 0.834. The zero-order valence-electron chi connectivity index (χ0n) is 11.0. The Labute approximate surface area is 121 Å². The summed E-state index contributed by atoms with van der Waals surface area (Å²) in [5.41, 5.74) is 2.95. The molecule has 1 aromatic carbocycles. The van der Waals surface area contributed by atoms with Crippen LogP contribution in [0, 0.1) is 0 Å². The summed E-state index contributed by atoms with van der Waals surface area (Å²) in [6.45, 7) is 0. The van der Waals surface area contributed by atoms with Gasteiger partial charge in [0.15, 0.2) is 5.82 Å². The molecule has 2 N–H and O–H groups in total. The van der Waals surface area contributed by atoms with Gasteiger partial charge in [-0.05, 0) is 12.1 Å². The summed E-state index contributed by atoms with van der Waals surface area (Å²) in [5, 5.41) is 1.38. The van der Waals surface area contributed by atoms with Gasteiger partial charge in [0.25, 0.3) is 0 Å². The molecule has 0 saturated heterocycles. The van der Waals surface area contributed by atoms with Gasteiger partial charge < -0.3 is 4.74 Å². The maximum atomic E-state index is 12.3. The zero-order valence-corrected chi connectivity index (χ0v) is 11.8. The molecule has 2 aliphatic rings. The molecule has 0 unspecified atom stereocenters. The van der Waals surface area contributed by atoms with E-state index in [1.807, 2.05) is 0 Å². The molecule has 110 valence electrons. The summed E-state index contributed by atoms with van der Waals surface area (Å²) in [6.07, 6.45) is 4.07. The van der Waals surface area contributed by atoms with Crippen LogP contribution in [0.25, 0.3) is 0 Å². The van der Waals surface area contributed by atoms with E-state index in [9.17, 15) is 8.42 Å². The summed E-state index contributed by atoms with van der Waals surface area (Å²) >= 11 is 0. The number of para-hydroxylation sites is 2. The molecular formula is C11H12N6O3S. The lowest BCUT2D eigenvalue weighted by molar-refractivity contribution is 0.285. The van der Waals surface area contributed by atoms with Gasteiger partial charge in [0.1, 0.15) is 18.4 Å². The normalized spacial score (nSPS) is 16.7. The fraction of sp³-hybridized carbons (Fsp3) is 0.0909. The van der Waals surface area contributed by atoms with Crippen LogP contribution < -0.4 is 15.0 Å². The fourth-order valence-corrected chi connectivity index (χ4v) is 2.74. The number of methoxy groups -OCH3 is 1. The van der Waals surface area contributed by atoms with E-state index >= 15 is 0 Å². The number of aliphatic imine (C=N–C) groups is 2. The number of nitrogens with one attached hydrogen (secondary N) is 2. The number of rotatable bonds is 4. The number of ether oxygens (including phenoxy) is 1. The van der Waals surface area contributed by atoms with Crippen LogP contribution in [0.15, 0.2) is 46.3 Å². The number of hydrogen-bond acceptors (Lipinski definition) is 7. The first kappa shape index (κ1) is 13.4. The molecule has 0 saturated carbocycles. The number of hydrogen-bond donors (Lipinski definition) is 2. The van der Waals surface area contributed by atoms with E-state index in [0.29, 0.717) is 17.3 Å². The van der Waals surface area contributed by atoms with Crippen molar-refractivity contribution in [1.29, 1.82) is 0 Å². The molecule has 2 heterocycles. The largest absolute Gasteiger partial charge is 0.495 e. The quantitative estimate of drug-likeness (QED) is 0.831. The molecule has 21 heavy (non-hydrogen) atoms. The molecule has 0 aliphatic carbocycles. The fourth-order valence-electron chi connectivity index (χ4n) is 1.76. The van der Waals surface area contributed by atoms with Crippen LogP contribution in [0.3, 0.4) is 0 Å². The van der Waals surface area contributed by atoms with Crippen LogP contribution in [0.5, 0.6) is 5.75 Å². The Hall–Kier alpha value is -2.59. The lowest BCUT2D eigenvalue weighted by atomic mass is 10.3. The van der Waals surface area contributed by atoms with Crippen LogP contribution in [-0.4, -0.2) is 37.6 Å². The molecule has 0 spiro atoms. The van der Waals surface area contributed by atoms with Gasteiger partial charge in [-0.1, -0.05) is 12.1 Å². The molecular weight excluding hydrogens is 296 g/mol. The highest BCUT2D eigenvalue weighted by molar-refractivity contribution is 7.90. The van der Waals surface area contributed by atoms with Crippen LogP contribution in [0.2, 0.25) is 0 Å². The highest BCUT2D eigenvalue weighted by atomic mass is 32.2. The molecule has 10 heteroatoms. The zero-order chi connectivity index (χ0) is 14.9. The van der Waals surface area contributed by atoms with Gasteiger partial charge in [0, 0.05) is 0 Å². The predicted molar refractivity (Wildman–Crippen MR) is 77.4 cm³/mol. The van der Waals surface area contributed by atoms with Crippen LogP contribution >= 0.6 is 0 Å². The molecule has 1 aromatic rings. The van der Waals surface area contributed by atoms with E-state index in [-0.39, 0.29) is 0 Å². The highest BCUT2D eigenvalue weighted by Gasteiger charge is 2.29. The molecule has 0 bridgehead atoms. The van der Waals surface area contributed by atoms with Gasteiger partial charge in [-0.15, -0.1) is 5.53 Å². The van der Waals surface area contributed by atoms with Crippen molar-refractivity contribution >= 4 is 28.6 Å².